The minimum absolute atomic E-state index is 0.0297. The van der Waals surface area contributed by atoms with Crippen LogP contribution in [0.15, 0.2) is 89.7 Å². The Morgan fingerprint density at radius 2 is 1.52 bits per heavy atom. The summed E-state index contributed by atoms with van der Waals surface area (Å²) in [6, 6.07) is 27.6. The van der Waals surface area contributed by atoms with Crippen molar-refractivity contribution in [1.29, 1.82) is 0 Å². The van der Waals surface area contributed by atoms with Gasteiger partial charge < -0.3 is 14.2 Å². The zero-order valence-corrected chi connectivity index (χ0v) is 18.1. The van der Waals surface area contributed by atoms with Crippen LogP contribution in [0.4, 0.5) is 0 Å². The first-order valence-electron chi connectivity index (χ1n) is 10.9. The highest BCUT2D eigenvalue weighted by molar-refractivity contribution is 5.84. The number of benzene rings is 3. The second-order valence-electron chi connectivity index (χ2n) is 7.48. The van der Waals surface area contributed by atoms with Gasteiger partial charge in [0.25, 0.3) is 0 Å². The van der Waals surface area contributed by atoms with E-state index in [1.807, 2.05) is 66.7 Å². The molecule has 4 aromatic rings. The van der Waals surface area contributed by atoms with Gasteiger partial charge in [-0.1, -0.05) is 56.3 Å². The van der Waals surface area contributed by atoms with Crippen molar-refractivity contribution in [3.05, 3.63) is 95.2 Å². The molecule has 0 saturated heterocycles. The van der Waals surface area contributed by atoms with Crippen LogP contribution >= 0.6 is 0 Å². The Hall–Kier alpha value is -3.37. The largest absolute Gasteiger partial charge is 0.492 e. The van der Waals surface area contributed by atoms with Crippen LogP contribution in [0, 0.1) is 0 Å². The van der Waals surface area contributed by atoms with Gasteiger partial charge in [0.1, 0.15) is 12.4 Å². The predicted molar refractivity (Wildman–Crippen MR) is 128 cm³/mol. The molecule has 4 heteroatoms. The number of nitrogens with zero attached hydrogens (tertiary/aromatic N) is 2. The number of rotatable bonds is 8. The Bertz CT molecular complexity index is 1190. The molecule has 1 heterocycles. The van der Waals surface area contributed by atoms with E-state index in [1.165, 1.54) is 0 Å². The Labute approximate surface area is 183 Å². The molecule has 0 aliphatic rings. The highest BCUT2D eigenvalue weighted by atomic mass is 16.5. The molecular weight excluding hydrogens is 384 g/mol. The Kier molecular flexibility index (Phi) is 6.48. The van der Waals surface area contributed by atoms with Crippen molar-refractivity contribution in [2.75, 3.05) is 26.2 Å². The highest BCUT2D eigenvalue weighted by Crippen LogP contribution is 2.27. The summed E-state index contributed by atoms with van der Waals surface area (Å²) in [6.45, 7) is 7.96. The quantitative estimate of drug-likeness (QED) is 0.390. The second-order valence-corrected chi connectivity index (χ2v) is 7.48. The van der Waals surface area contributed by atoms with E-state index in [1.54, 1.807) is 6.07 Å². The zero-order valence-electron chi connectivity index (χ0n) is 18.1. The van der Waals surface area contributed by atoms with Gasteiger partial charge in [-0.2, -0.15) is 0 Å². The van der Waals surface area contributed by atoms with Gasteiger partial charge in [-0.3, -0.25) is 4.79 Å². The summed E-state index contributed by atoms with van der Waals surface area (Å²) in [7, 11) is 0. The second kappa shape index (κ2) is 9.63. The summed E-state index contributed by atoms with van der Waals surface area (Å²) in [5.74, 6) is 0.850. The molecule has 0 unspecified atom stereocenters. The SMILES string of the molecule is CCN(CC)CCOc1ccc(-n2c(-c3ccccc3)cc(=O)c3ccccc32)cc1. The van der Waals surface area contributed by atoms with E-state index < -0.39 is 0 Å². The summed E-state index contributed by atoms with van der Waals surface area (Å²) < 4.78 is 8.10. The van der Waals surface area contributed by atoms with Gasteiger partial charge in [-0.05, 0) is 55.1 Å². The van der Waals surface area contributed by atoms with Crippen LogP contribution in [0.3, 0.4) is 0 Å². The van der Waals surface area contributed by atoms with Crippen molar-refractivity contribution >= 4 is 10.9 Å². The third kappa shape index (κ3) is 4.54. The summed E-state index contributed by atoms with van der Waals surface area (Å²) in [4.78, 5) is 15.1. The number of ether oxygens (including phenoxy) is 1. The summed E-state index contributed by atoms with van der Waals surface area (Å²) in [5, 5.41) is 0.710. The lowest BCUT2D eigenvalue weighted by Crippen LogP contribution is -2.27. The fourth-order valence-electron chi connectivity index (χ4n) is 3.90. The van der Waals surface area contributed by atoms with Crippen molar-refractivity contribution in [2.45, 2.75) is 13.8 Å². The van der Waals surface area contributed by atoms with E-state index >= 15 is 0 Å². The smallest absolute Gasteiger partial charge is 0.190 e. The Morgan fingerprint density at radius 3 is 2.23 bits per heavy atom. The van der Waals surface area contributed by atoms with Crippen LogP contribution in [-0.2, 0) is 0 Å². The van der Waals surface area contributed by atoms with Crippen LogP contribution in [0.2, 0.25) is 0 Å². The highest BCUT2D eigenvalue weighted by Gasteiger charge is 2.12. The van der Waals surface area contributed by atoms with E-state index in [0.717, 1.165) is 47.8 Å². The lowest BCUT2D eigenvalue weighted by atomic mass is 10.1. The monoisotopic (exact) mass is 412 g/mol. The Balaban J connectivity index is 1.72. The summed E-state index contributed by atoms with van der Waals surface area (Å²) in [5.41, 5.74) is 3.79. The number of para-hydroxylation sites is 1. The number of likely N-dealkylation sites (N-methyl/N-ethyl adjacent to an activating group) is 1. The van der Waals surface area contributed by atoms with Crippen molar-refractivity contribution in [2.24, 2.45) is 0 Å². The van der Waals surface area contributed by atoms with Gasteiger partial charge in [0.05, 0.1) is 11.2 Å². The van der Waals surface area contributed by atoms with E-state index in [2.05, 4.69) is 35.4 Å². The van der Waals surface area contributed by atoms with E-state index in [4.69, 9.17) is 4.74 Å². The molecule has 0 fully saturated rings. The minimum atomic E-state index is 0.0297. The van der Waals surface area contributed by atoms with E-state index in [9.17, 15) is 4.79 Å². The molecule has 0 aliphatic carbocycles. The number of aromatic nitrogens is 1. The molecule has 0 atom stereocenters. The number of fused-ring (bicyclic) bond motifs is 1. The van der Waals surface area contributed by atoms with Crippen molar-refractivity contribution in [3.8, 4) is 22.7 Å². The molecule has 0 radical (unpaired) electrons. The third-order valence-electron chi connectivity index (χ3n) is 5.65. The minimum Gasteiger partial charge on any atom is -0.492 e. The molecule has 0 amide bonds. The molecule has 0 N–H and O–H groups in total. The van der Waals surface area contributed by atoms with Crippen LogP contribution in [0.5, 0.6) is 5.75 Å². The first kappa shape index (κ1) is 20.9. The fraction of sp³-hybridized carbons (Fsp3) is 0.222. The molecule has 4 rings (SSSR count). The first-order valence-corrected chi connectivity index (χ1v) is 10.9. The van der Waals surface area contributed by atoms with Crippen LogP contribution in [-0.4, -0.2) is 35.7 Å². The maximum absolute atomic E-state index is 12.8. The third-order valence-corrected chi connectivity index (χ3v) is 5.65. The molecule has 0 spiro atoms. The number of hydrogen-bond acceptors (Lipinski definition) is 3. The predicted octanol–water partition coefficient (Wildman–Crippen LogP) is 5.38. The van der Waals surface area contributed by atoms with Crippen molar-refractivity contribution in [1.82, 2.24) is 9.47 Å². The van der Waals surface area contributed by atoms with Crippen molar-refractivity contribution in [3.63, 3.8) is 0 Å². The number of hydrogen-bond donors (Lipinski definition) is 0. The maximum Gasteiger partial charge on any atom is 0.190 e. The van der Waals surface area contributed by atoms with Crippen LogP contribution in [0.25, 0.3) is 27.8 Å². The number of pyridine rings is 1. The van der Waals surface area contributed by atoms with Gasteiger partial charge in [0.15, 0.2) is 5.43 Å². The van der Waals surface area contributed by atoms with Gasteiger partial charge in [0, 0.05) is 23.7 Å². The molecule has 0 aliphatic heterocycles. The molecule has 158 valence electrons. The topological polar surface area (TPSA) is 34.5 Å². The van der Waals surface area contributed by atoms with E-state index in [0.29, 0.717) is 12.0 Å². The van der Waals surface area contributed by atoms with Crippen molar-refractivity contribution < 1.29 is 4.74 Å². The fourth-order valence-corrected chi connectivity index (χ4v) is 3.90. The average molecular weight is 413 g/mol. The molecular formula is C27H28N2O2. The van der Waals surface area contributed by atoms with Crippen LogP contribution < -0.4 is 10.2 Å². The lowest BCUT2D eigenvalue weighted by molar-refractivity contribution is 0.223. The zero-order chi connectivity index (χ0) is 21.6. The lowest BCUT2D eigenvalue weighted by Gasteiger charge is -2.19. The summed E-state index contributed by atoms with van der Waals surface area (Å²) in [6.07, 6.45) is 0. The summed E-state index contributed by atoms with van der Waals surface area (Å²) >= 11 is 0. The maximum atomic E-state index is 12.8. The molecule has 0 saturated carbocycles. The van der Waals surface area contributed by atoms with Gasteiger partial charge in [-0.15, -0.1) is 0 Å². The molecule has 1 aromatic heterocycles. The van der Waals surface area contributed by atoms with Gasteiger partial charge in [-0.25, -0.2) is 0 Å². The molecule has 31 heavy (non-hydrogen) atoms. The normalized spacial score (nSPS) is 11.2. The van der Waals surface area contributed by atoms with E-state index in [-0.39, 0.29) is 5.43 Å². The molecule has 0 bridgehead atoms. The molecule has 3 aromatic carbocycles. The van der Waals surface area contributed by atoms with Crippen LogP contribution in [0.1, 0.15) is 13.8 Å². The van der Waals surface area contributed by atoms with Gasteiger partial charge in [0.2, 0.25) is 0 Å². The first-order chi connectivity index (χ1) is 15.2. The average Bonchev–Trinajstić information content (AvgIpc) is 2.83. The Morgan fingerprint density at radius 1 is 0.839 bits per heavy atom. The molecule has 4 nitrogen and oxygen atoms in total. The standard InChI is InChI=1S/C27H28N2O2/c1-3-28(4-2)18-19-31-23-16-14-22(15-17-23)29-25-13-9-8-12-24(25)27(30)20-26(29)21-10-6-5-7-11-21/h5-17,20H,3-4,18-19H2,1-2H3. The van der Waals surface area contributed by atoms with Gasteiger partial charge >= 0.3 is 0 Å².